The van der Waals surface area contributed by atoms with Crippen LogP contribution in [0.4, 0.5) is 5.69 Å². The largest absolute Gasteiger partial charge is 0.352 e. The second kappa shape index (κ2) is 7.89. The van der Waals surface area contributed by atoms with E-state index in [4.69, 9.17) is 11.6 Å². The first kappa shape index (κ1) is 19.3. The fourth-order valence-electron chi connectivity index (χ4n) is 2.25. The maximum absolute atomic E-state index is 12.7. The van der Waals surface area contributed by atoms with Crippen LogP contribution in [0.1, 0.15) is 34.8 Å². The summed E-state index contributed by atoms with van der Waals surface area (Å²) in [6, 6.07) is 9.58. The van der Waals surface area contributed by atoms with Crippen molar-refractivity contribution in [3.05, 3.63) is 58.1 Å². The van der Waals surface area contributed by atoms with Crippen LogP contribution < -0.4 is 10.0 Å². The Bertz CT molecular complexity index is 895. The van der Waals surface area contributed by atoms with E-state index in [1.54, 1.807) is 12.1 Å². The molecule has 2 rings (SSSR count). The van der Waals surface area contributed by atoms with Gasteiger partial charge in [0.05, 0.1) is 10.7 Å². The molecule has 0 radical (unpaired) electrons. The number of rotatable bonds is 6. The Morgan fingerprint density at radius 3 is 2.56 bits per heavy atom. The predicted molar refractivity (Wildman–Crippen MR) is 101 cm³/mol. The molecule has 25 heavy (non-hydrogen) atoms. The lowest BCUT2D eigenvalue weighted by molar-refractivity contribution is 0.0953. The number of hydrogen-bond acceptors (Lipinski definition) is 3. The van der Waals surface area contributed by atoms with Crippen molar-refractivity contribution in [2.75, 3.05) is 11.3 Å². The minimum absolute atomic E-state index is 0.0600. The second-order valence-corrected chi connectivity index (χ2v) is 7.81. The summed E-state index contributed by atoms with van der Waals surface area (Å²) in [4.78, 5) is 12.0. The molecule has 0 saturated heterocycles. The molecule has 0 aromatic heterocycles. The summed E-state index contributed by atoms with van der Waals surface area (Å²) in [5.74, 6) is -0.332. The van der Waals surface area contributed by atoms with Crippen LogP contribution in [0.3, 0.4) is 0 Å². The highest BCUT2D eigenvalue weighted by molar-refractivity contribution is 7.92. The van der Waals surface area contributed by atoms with Gasteiger partial charge in [-0.2, -0.15) is 0 Å². The van der Waals surface area contributed by atoms with Gasteiger partial charge in [-0.1, -0.05) is 30.7 Å². The molecular weight excluding hydrogens is 360 g/mol. The SMILES string of the molecule is CCCNC(=O)c1ccc(Cl)c(S(=O)(=O)Nc2cccc(C)c2C)c1. The van der Waals surface area contributed by atoms with Crippen molar-refractivity contribution in [1.82, 2.24) is 5.32 Å². The third kappa shape index (κ3) is 4.52. The molecule has 0 unspecified atom stereocenters. The van der Waals surface area contributed by atoms with Crippen LogP contribution >= 0.6 is 11.6 Å². The molecule has 0 fully saturated rings. The van der Waals surface area contributed by atoms with Gasteiger partial charge in [-0.25, -0.2) is 8.42 Å². The maximum atomic E-state index is 12.7. The van der Waals surface area contributed by atoms with Crippen molar-refractivity contribution >= 4 is 33.2 Å². The number of benzene rings is 2. The van der Waals surface area contributed by atoms with E-state index in [0.717, 1.165) is 17.5 Å². The minimum Gasteiger partial charge on any atom is -0.352 e. The van der Waals surface area contributed by atoms with Gasteiger partial charge < -0.3 is 5.32 Å². The summed E-state index contributed by atoms with van der Waals surface area (Å²) in [5.41, 5.74) is 2.54. The second-order valence-electron chi connectivity index (χ2n) is 5.75. The van der Waals surface area contributed by atoms with Gasteiger partial charge in [-0.05, 0) is 55.7 Å². The Balaban J connectivity index is 2.38. The summed E-state index contributed by atoms with van der Waals surface area (Å²) in [6.45, 7) is 6.19. The third-order valence-electron chi connectivity index (χ3n) is 3.87. The van der Waals surface area contributed by atoms with E-state index < -0.39 is 10.0 Å². The molecule has 0 saturated carbocycles. The van der Waals surface area contributed by atoms with Crippen LogP contribution in [0.25, 0.3) is 0 Å². The zero-order valence-corrected chi connectivity index (χ0v) is 16.0. The molecule has 2 aromatic carbocycles. The van der Waals surface area contributed by atoms with E-state index in [2.05, 4.69) is 10.0 Å². The van der Waals surface area contributed by atoms with E-state index in [-0.39, 0.29) is 21.4 Å². The molecule has 5 nitrogen and oxygen atoms in total. The van der Waals surface area contributed by atoms with Crippen molar-refractivity contribution in [2.24, 2.45) is 0 Å². The lowest BCUT2D eigenvalue weighted by Gasteiger charge is -2.14. The van der Waals surface area contributed by atoms with E-state index >= 15 is 0 Å². The van der Waals surface area contributed by atoms with Crippen molar-refractivity contribution in [2.45, 2.75) is 32.1 Å². The zero-order chi connectivity index (χ0) is 18.6. The van der Waals surface area contributed by atoms with Crippen LogP contribution in [0.15, 0.2) is 41.3 Å². The van der Waals surface area contributed by atoms with E-state index in [1.165, 1.54) is 18.2 Å². The first-order chi connectivity index (χ1) is 11.8. The number of sulfonamides is 1. The Kier molecular flexibility index (Phi) is 6.08. The quantitative estimate of drug-likeness (QED) is 0.798. The Morgan fingerprint density at radius 1 is 1.16 bits per heavy atom. The highest BCUT2D eigenvalue weighted by atomic mass is 35.5. The average molecular weight is 381 g/mol. The molecule has 0 bridgehead atoms. The van der Waals surface area contributed by atoms with Crippen molar-refractivity contribution in [1.29, 1.82) is 0 Å². The number of carbonyl (C=O) groups is 1. The number of aryl methyl sites for hydroxylation is 1. The first-order valence-corrected chi connectivity index (χ1v) is 9.79. The molecule has 0 aliphatic carbocycles. The number of nitrogens with one attached hydrogen (secondary N) is 2. The minimum atomic E-state index is -3.92. The molecule has 1 amide bonds. The molecule has 2 N–H and O–H groups in total. The number of halogens is 1. The van der Waals surface area contributed by atoms with Crippen LogP contribution in [-0.2, 0) is 10.0 Å². The Labute approximate surface area is 153 Å². The summed E-state index contributed by atoms with van der Waals surface area (Å²) in [5, 5.41) is 2.78. The normalized spacial score (nSPS) is 11.2. The highest BCUT2D eigenvalue weighted by Gasteiger charge is 2.21. The van der Waals surface area contributed by atoms with Crippen LogP contribution in [0.5, 0.6) is 0 Å². The Morgan fingerprint density at radius 2 is 1.88 bits per heavy atom. The van der Waals surface area contributed by atoms with E-state index in [0.29, 0.717) is 12.2 Å². The topological polar surface area (TPSA) is 75.3 Å². The summed E-state index contributed by atoms with van der Waals surface area (Å²) in [7, 11) is -3.92. The highest BCUT2D eigenvalue weighted by Crippen LogP contribution is 2.27. The molecule has 2 aromatic rings. The van der Waals surface area contributed by atoms with Crippen LogP contribution in [0, 0.1) is 13.8 Å². The molecule has 134 valence electrons. The summed E-state index contributed by atoms with van der Waals surface area (Å²) < 4.78 is 28.0. The third-order valence-corrected chi connectivity index (χ3v) is 5.71. The predicted octanol–water partition coefficient (Wildman–Crippen LogP) is 3.90. The fraction of sp³-hybridized carbons (Fsp3) is 0.278. The van der Waals surface area contributed by atoms with Gasteiger partial charge in [0.2, 0.25) is 0 Å². The van der Waals surface area contributed by atoms with Gasteiger partial charge in [0.1, 0.15) is 4.90 Å². The molecule has 0 aliphatic rings. The Hall–Kier alpha value is -2.05. The molecule has 0 heterocycles. The molecule has 0 atom stereocenters. The van der Waals surface area contributed by atoms with Crippen molar-refractivity contribution in [3.63, 3.8) is 0 Å². The number of carbonyl (C=O) groups excluding carboxylic acids is 1. The standard InChI is InChI=1S/C18H21ClN2O3S/c1-4-10-20-18(22)14-8-9-15(19)17(11-14)25(23,24)21-16-7-5-6-12(2)13(16)3/h5-9,11,21H,4,10H2,1-3H3,(H,20,22). The van der Waals surface area contributed by atoms with E-state index in [1.807, 2.05) is 26.8 Å². The fourth-order valence-corrected chi connectivity index (χ4v) is 3.90. The van der Waals surface area contributed by atoms with Crippen LogP contribution in [-0.4, -0.2) is 20.9 Å². The number of hydrogen-bond donors (Lipinski definition) is 2. The summed E-state index contributed by atoms with van der Waals surface area (Å²) in [6.07, 6.45) is 0.790. The van der Waals surface area contributed by atoms with Crippen molar-refractivity contribution in [3.8, 4) is 0 Å². The average Bonchev–Trinajstić information content (AvgIpc) is 2.57. The molecule has 7 heteroatoms. The number of anilines is 1. The van der Waals surface area contributed by atoms with Gasteiger partial charge in [-0.3, -0.25) is 9.52 Å². The van der Waals surface area contributed by atoms with Gasteiger partial charge >= 0.3 is 0 Å². The van der Waals surface area contributed by atoms with Gasteiger partial charge in [0.25, 0.3) is 15.9 Å². The lowest BCUT2D eigenvalue weighted by Crippen LogP contribution is -2.24. The smallest absolute Gasteiger partial charge is 0.263 e. The van der Waals surface area contributed by atoms with Gasteiger partial charge in [0.15, 0.2) is 0 Å². The molecular formula is C18H21ClN2O3S. The number of amides is 1. The molecule has 0 spiro atoms. The lowest BCUT2D eigenvalue weighted by atomic mass is 10.1. The zero-order valence-electron chi connectivity index (χ0n) is 14.4. The van der Waals surface area contributed by atoms with Gasteiger partial charge in [0, 0.05) is 12.1 Å². The monoisotopic (exact) mass is 380 g/mol. The van der Waals surface area contributed by atoms with Crippen LogP contribution in [0.2, 0.25) is 5.02 Å². The summed E-state index contributed by atoms with van der Waals surface area (Å²) >= 11 is 6.08. The maximum Gasteiger partial charge on any atom is 0.263 e. The van der Waals surface area contributed by atoms with E-state index in [9.17, 15) is 13.2 Å². The molecule has 0 aliphatic heterocycles. The first-order valence-electron chi connectivity index (χ1n) is 7.93. The van der Waals surface area contributed by atoms with Gasteiger partial charge in [-0.15, -0.1) is 0 Å². The van der Waals surface area contributed by atoms with Crippen molar-refractivity contribution < 1.29 is 13.2 Å².